The predicted molar refractivity (Wildman–Crippen MR) is 74.7 cm³/mol. The maximum atomic E-state index is 6.38. The van der Waals surface area contributed by atoms with Gasteiger partial charge in [0.1, 0.15) is 0 Å². The summed E-state index contributed by atoms with van der Waals surface area (Å²) >= 11 is 6.38. The van der Waals surface area contributed by atoms with Crippen LogP contribution in [0.15, 0.2) is 18.2 Å². The zero-order valence-corrected chi connectivity index (χ0v) is 11.4. The Morgan fingerprint density at radius 3 is 2.65 bits per heavy atom. The molecule has 0 saturated heterocycles. The highest BCUT2D eigenvalue weighted by Gasteiger charge is 2.29. The first kappa shape index (κ1) is 12.7. The number of nitrogens with zero attached hydrogens (tertiary/aromatic N) is 1. The van der Waals surface area contributed by atoms with E-state index >= 15 is 0 Å². The second-order valence-electron chi connectivity index (χ2n) is 4.92. The molecule has 1 aromatic carbocycles. The largest absolute Gasteiger partial charge is 0.367 e. The zero-order valence-electron chi connectivity index (χ0n) is 10.6. The highest BCUT2D eigenvalue weighted by atomic mass is 35.5. The van der Waals surface area contributed by atoms with Crippen molar-refractivity contribution in [2.75, 3.05) is 11.4 Å². The Kier molecular flexibility index (Phi) is 3.95. The van der Waals surface area contributed by atoms with Gasteiger partial charge in [-0.3, -0.25) is 0 Å². The van der Waals surface area contributed by atoms with Crippen molar-refractivity contribution in [1.82, 2.24) is 0 Å². The van der Waals surface area contributed by atoms with E-state index in [1.54, 1.807) is 0 Å². The molecular weight excluding hydrogens is 232 g/mol. The molecule has 94 valence electrons. The van der Waals surface area contributed by atoms with Crippen molar-refractivity contribution < 1.29 is 0 Å². The van der Waals surface area contributed by atoms with Gasteiger partial charge in [0.15, 0.2) is 0 Å². The van der Waals surface area contributed by atoms with Gasteiger partial charge in [-0.25, -0.2) is 0 Å². The molecule has 1 aliphatic carbocycles. The minimum Gasteiger partial charge on any atom is -0.367 e. The number of hydrogen-bond acceptors (Lipinski definition) is 2. The van der Waals surface area contributed by atoms with Crippen molar-refractivity contribution in [2.24, 2.45) is 5.73 Å². The van der Waals surface area contributed by atoms with E-state index in [1.807, 2.05) is 13.0 Å². The molecule has 0 aromatic heterocycles. The number of rotatable bonds is 5. The molecule has 1 atom stereocenters. The van der Waals surface area contributed by atoms with Gasteiger partial charge in [0.25, 0.3) is 0 Å². The van der Waals surface area contributed by atoms with Crippen LogP contribution in [0.3, 0.4) is 0 Å². The number of anilines is 1. The fourth-order valence-electron chi connectivity index (χ4n) is 2.17. The number of hydrogen-bond donors (Lipinski definition) is 1. The van der Waals surface area contributed by atoms with Gasteiger partial charge in [0, 0.05) is 18.6 Å². The van der Waals surface area contributed by atoms with Gasteiger partial charge < -0.3 is 10.6 Å². The van der Waals surface area contributed by atoms with Crippen molar-refractivity contribution in [3.8, 4) is 0 Å². The third kappa shape index (κ3) is 2.93. The summed E-state index contributed by atoms with van der Waals surface area (Å²) in [5, 5.41) is 0.833. The molecule has 17 heavy (non-hydrogen) atoms. The lowest BCUT2D eigenvalue weighted by molar-refractivity contribution is 0.761. The Hall–Kier alpha value is -0.730. The average molecular weight is 253 g/mol. The van der Waals surface area contributed by atoms with Crippen LogP contribution in [0.25, 0.3) is 0 Å². The van der Waals surface area contributed by atoms with Gasteiger partial charge in [-0.2, -0.15) is 0 Å². The second-order valence-corrected chi connectivity index (χ2v) is 5.33. The molecule has 2 N–H and O–H groups in total. The molecule has 0 unspecified atom stereocenters. The summed E-state index contributed by atoms with van der Waals surface area (Å²) in [5.74, 6) is 0. The second kappa shape index (κ2) is 5.28. The molecular formula is C14H21ClN2. The SMILES string of the molecule is CCCN(c1ccc([C@@H](C)N)cc1Cl)C1CC1. The molecule has 0 radical (unpaired) electrons. The van der Waals surface area contributed by atoms with Gasteiger partial charge in [-0.15, -0.1) is 0 Å². The predicted octanol–water partition coefficient (Wildman–Crippen LogP) is 3.74. The standard InChI is InChI=1S/C14H21ClN2/c1-3-8-17(12-5-6-12)14-7-4-11(10(2)16)9-13(14)15/h4,7,9-10,12H,3,5-6,8,16H2,1-2H3/t10-/m1/s1. The molecule has 1 aromatic rings. The Morgan fingerprint density at radius 2 is 2.18 bits per heavy atom. The van der Waals surface area contributed by atoms with E-state index in [-0.39, 0.29) is 6.04 Å². The topological polar surface area (TPSA) is 29.3 Å². The lowest BCUT2D eigenvalue weighted by atomic mass is 10.1. The molecule has 1 aliphatic rings. The summed E-state index contributed by atoms with van der Waals surface area (Å²) in [7, 11) is 0. The molecule has 2 rings (SSSR count). The minimum absolute atomic E-state index is 0.0436. The third-order valence-corrected chi connectivity index (χ3v) is 3.56. The summed E-state index contributed by atoms with van der Waals surface area (Å²) in [6.45, 7) is 5.28. The van der Waals surface area contributed by atoms with Gasteiger partial charge in [0.2, 0.25) is 0 Å². The highest BCUT2D eigenvalue weighted by molar-refractivity contribution is 6.33. The van der Waals surface area contributed by atoms with Crippen LogP contribution in [0, 0.1) is 0 Å². The molecule has 0 amide bonds. The van der Waals surface area contributed by atoms with Crippen LogP contribution in [-0.4, -0.2) is 12.6 Å². The van der Waals surface area contributed by atoms with E-state index in [4.69, 9.17) is 17.3 Å². The van der Waals surface area contributed by atoms with Crippen LogP contribution < -0.4 is 10.6 Å². The van der Waals surface area contributed by atoms with E-state index in [1.165, 1.54) is 18.5 Å². The van der Waals surface area contributed by atoms with E-state index in [0.717, 1.165) is 23.6 Å². The van der Waals surface area contributed by atoms with Crippen LogP contribution in [0.2, 0.25) is 5.02 Å². The maximum absolute atomic E-state index is 6.38. The van der Waals surface area contributed by atoms with E-state index in [0.29, 0.717) is 6.04 Å². The van der Waals surface area contributed by atoms with Gasteiger partial charge in [-0.05, 0) is 43.9 Å². The van der Waals surface area contributed by atoms with Crippen molar-refractivity contribution >= 4 is 17.3 Å². The van der Waals surface area contributed by atoms with Crippen molar-refractivity contribution in [3.05, 3.63) is 28.8 Å². The van der Waals surface area contributed by atoms with Gasteiger partial charge in [-0.1, -0.05) is 24.6 Å². The summed E-state index contributed by atoms with van der Waals surface area (Å²) in [6.07, 6.45) is 3.75. The first-order chi connectivity index (χ1) is 8.13. The summed E-state index contributed by atoms with van der Waals surface area (Å²) in [4.78, 5) is 2.44. The highest BCUT2D eigenvalue weighted by Crippen LogP contribution is 2.36. The maximum Gasteiger partial charge on any atom is 0.0642 e. The number of nitrogens with two attached hydrogens (primary N) is 1. The van der Waals surface area contributed by atoms with Crippen LogP contribution in [-0.2, 0) is 0 Å². The molecule has 1 fully saturated rings. The molecule has 3 heteroatoms. The number of benzene rings is 1. The molecule has 0 spiro atoms. The van der Waals surface area contributed by atoms with E-state index in [2.05, 4.69) is 24.0 Å². The first-order valence-corrected chi connectivity index (χ1v) is 6.83. The van der Waals surface area contributed by atoms with Crippen LogP contribution >= 0.6 is 11.6 Å². The Morgan fingerprint density at radius 1 is 1.47 bits per heavy atom. The molecule has 1 saturated carbocycles. The summed E-state index contributed by atoms with van der Waals surface area (Å²) < 4.78 is 0. The zero-order chi connectivity index (χ0) is 12.4. The van der Waals surface area contributed by atoms with E-state index in [9.17, 15) is 0 Å². The average Bonchev–Trinajstić information content (AvgIpc) is 3.10. The summed E-state index contributed by atoms with van der Waals surface area (Å²) in [5.41, 5.74) is 8.14. The van der Waals surface area contributed by atoms with E-state index < -0.39 is 0 Å². The third-order valence-electron chi connectivity index (χ3n) is 3.26. The summed E-state index contributed by atoms with van der Waals surface area (Å²) in [6, 6.07) is 6.97. The lowest BCUT2D eigenvalue weighted by Gasteiger charge is -2.25. The fourth-order valence-corrected chi connectivity index (χ4v) is 2.46. The molecule has 2 nitrogen and oxygen atoms in total. The van der Waals surface area contributed by atoms with Crippen LogP contribution in [0.5, 0.6) is 0 Å². The Bertz CT molecular complexity index is 386. The number of halogens is 1. The van der Waals surface area contributed by atoms with Gasteiger partial charge in [0.05, 0.1) is 10.7 Å². The first-order valence-electron chi connectivity index (χ1n) is 6.45. The quantitative estimate of drug-likeness (QED) is 0.865. The smallest absolute Gasteiger partial charge is 0.0642 e. The van der Waals surface area contributed by atoms with Crippen molar-refractivity contribution in [3.63, 3.8) is 0 Å². The molecule has 0 heterocycles. The monoisotopic (exact) mass is 252 g/mol. The fraction of sp³-hybridized carbons (Fsp3) is 0.571. The van der Waals surface area contributed by atoms with Crippen molar-refractivity contribution in [2.45, 2.75) is 45.2 Å². The lowest BCUT2D eigenvalue weighted by Crippen LogP contribution is -2.26. The Balaban J connectivity index is 2.24. The minimum atomic E-state index is 0.0436. The van der Waals surface area contributed by atoms with Crippen molar-refractivity contribution in [1.29, 1.82) is 0 Å². The molecule has 0 bridgehead atoms. The van der Waals surface area contributed by atoms with Gasteiger partial charge >= 0.3 is 0 Å². The van der Waals surface area contributed by atoms with Crippen LogP contribution in [0.4, 0.5) is 5.69 Å². The Labute approximate surface area is 109 Å². The van der Waals surface area contributed by atoms with Crippen LogP contribution in [0.1, 0.15) is 44.7 Å². The molecule has 0 aliphatic heterocycles. The normalized spacial score (nSPS) is 16.9.